The molecular weight excluding hydrogens is 424 g/mol. The van der Waals surface area contributed by atoms with Gasteiger partial charge in [-0.1, -0.05) is 24.3 Å². The normalized spacial score (nSPS) is 10.6. The molecule has 7 nitrogen and oxygen atoms in total. The number of nitrogens with zero attached hydrogens (tertiary/aromatic N) is 3. The smallest absolute Gasteiger partial charge is 0.274 e. The van der Waals surface area contributed by atoms with Gasteiger partial charge in [0.15, 0.2) is 0 Å². The first-order valence-corrected chi connectivity index (χ1v) is 10.9. The average Bonchev–Trinajstić information content (AvgIpc) is 3.40. The number of H-pyrrole nitrogens is 1. The van der Waals surface area contributed by atoms with Crippen LogP contribution in [0.1, 0.15) is 16.2 Å². The fraction of sp³-hybridized carbons (Fsp3) is 0.0370. The highest BCUT2D eigenvalue weighted by molar-refractivity contribution is 6.03. The van der Waals surface area contributed by atoms with Crippen molar-refractivity contribution < 1.29 is 4.79 Å². The van der Waals surface area contributed by atoms with Gasteiger partial charge in [-0.25, -0.2) is 4.98 Å². The summed E-state index contributed by atoms with van der Waals surface area (Å²) in [6, 6.07) is 26.8. The summed E-state index contributed by atoms with van der Waals surface area (Å²) in [7, 11) is 0. The first-order valence-electron chi connectivity index (χ1n) is 10.9. The van der Waals surface area contributed by atoms with Crippen LogP contribution in [0.2, 0.25) is 0 Å². The van der Waals surface area contributed by atoms with Gasteiger partial charge in [0.05, 0.1) is 24.1 Å². The van der Waals surface area contributed by atoms with Crippen LogP contribution in [0.15, 0.2) is 104 Å². The molecule has 0 aliphatic carbocycles. The Balaban J connectivity index is 1.26. The lowest BCUT2D eigenvalue weighted by Crippen LogP contribution is -2.13. The SMILES string of the molecule is O=C(Nc1cccc(-c2cnc(-c3ccc(NCc4ccccn4)cc3)[nH]2)c1)c1ccccn1. The molecule has 0 bridgehead atoms. The van der Waals surface area contributed by atoms with E-state index in [9.17, 15) is 4.79 Å². The third-order valence-electron chi connectivity index (χ3n) is 5.26. The Morgan fingerprint density at radius 3 is 2.35 bits per heavy atom. The molecule has 0 spiro atoms. The maximum atomic E-state index is 12.4. The van der Waals surface area contributed by atoms with Gasteiger partial charge in [-0.2, -0.15) is 0 Å². The number of benzene rings is 2. The standard InChI is InChI=1S/C27H22N6O/c34-27(24-9-2-4-15-29-24)32-22-8-5-6-20(16-22)25-18-31-26(33-25)19-10-12-21(13-11-19)30-17-23-7-1-3-14-28-23/h1-16,18,30H,17H2,(H,31,33)(H,32,34). The van der Waals surface area contributed by atoms with E-state index in [1.807, 2.05) is 66.7 Å². The van der Waals surface area contributed by atoms with Gasteiger partial charge < -0.3 is 15.6 Å². The molecule has 5 rings (SSSR count). The second-order valence-electron chi connectivity index (χ2n) is 7.65. The molecule has 34 heavy (non-hydrogen) atoms. The number of rotatable bonds is 7. The van der Waals surface area contributed by atoms with E-state index in [4.69, 9.17) is 0 Å². The molecule has 0 aliphatic heterocycles. The highest BCUT2D eigenvalue weighted by Crippen LogP contribution is 2.25. The van der Waals surface area contributed by atoms with Crippen LogP contribution in [-0.2, 0) is 6.54 Å². The van der Waals surface area contributed by atoms with E-state index in [-0.39, 0.29) is 5.91 Å². The maximum Gasteiger partial charge on any atom is 0.274 e. The Morgan fingerprint density at radius 1 is 0.765 bits per heavy atom. The molecule has 0 aliphatic rings. The number of carbonyl (C=O) groups is 1. The molecule has 5 aromatic rings. The Bertz CT molecular complexity index is 1380. The van der Waals surface area contributed by atoms with Crippen molar-refractivity contribution in [1.82, 2.24) is 19.9 Å². The molecule has 3 aromatic heterocycles. The molecular formula is C27H22N6O. The molecule has 0 unspecified atom stereocenters. The van der Waals surface area contributed by atoms with E-state index in [0.29, 0.717) is 17.9 Å². The number of nitrogens with one attached hydrogen (secondary N) is 3. The predicted molar refractivity (Wildman–Crippen MR) is 133 cm³/mol. The fourth-order valence-electron chi connectivity index (χ4n) is 3.51. The predicted octanol–water partition coefficient (Wildman–Crippen LogP) is 5.40. The van der Waals surface area contributed by atoms with Crippen LogP contribution in [0.25, 0.3) is 22.6 Å². The van der Waals surface area contributed by atoms with Crippen LogP contribution in [0.5, 0.6) is 0 Å². The highest BCUT2D eigenvalue weighted by Gasteiger charge is 2.09. The molecule has 166 valence electrons. The van der Waals surface area contributed by atoms with Gasteiger partial charge in [-0.15, -0.1) is 0 Å². The van der Waals surface area contributed by atoms with Crippen molar-refractivity contribution in [2.75, 3.05) is 10.6 Å². The molecule has 0 fully saturated rings. The summed E-state index contributed by atoms with van der Waals surface area (Å²) in [4.78, 5) is 28.7. The molecule has 0 atom stereocenters. The first-order chi connectivity index (χ1) is 16.7. The highest BCUT2D eigenvalue weighted by atomic mass is 16.1. The molecule has 3 N–H and O–H groups in total. The molecule has 0 saturated heterocycles. The largest absolute Gasteiger partial charge is 0.379 e. The minimum Gasteiger partial charge on any atom is -0.379 e. The van der Waals surface area contributed by atoms with Crippen LogP contribution in [0, 0.1) is 0 Å². The first kappa shape index (κ1) is 21.1. The van der Waals surface area contributed by atoms with Crippen LogP contribution in [-0.4, -0.2) is 25.8 Å². The van der Waals surface area contributed by atoms with E-state index < -0.39 is 0 Å². The topological polar surface area (TPSA) is 95.6 Å². The Morgan fingerprint density at radius 2 is 1.59 bits per heavy atom. The second kappa shape index (κ2) is 9.79. The summed E-state index contributed by atoms with van der Waals surface area (Å²) in [6.07, 6.45) is 5.18. The summed E-state index contributed by atoms with van der Waals surface area (Å²) in [5, 5.41) is 6.26. The van der Waals surface area contributed by atoms with Crippen molar-refractivity contribution in [1.29, 1.82) is 0 Å². The minimum absolute atomic E-state index is 0.250. The van der Waals surface area contributed by atoms with E-state index in [1.165, 1.54) is 0 Å². The monoisotopic (exact) mass is 446 g/mol. The van der Waals surface area contributed by atoms with E-state index in [1.54, 1.807) is 36.8 Å². The number of aromatic amines is 1. The van der Waals surface area contributed by atoms with E-state index in [2.05, 4.69) is 30.6 Å². The zero-order valence-electron chi connectivity index (χ0n) is 18.3. The van der Waals surface area contributed by atoms with Crippen molar-refractivity contribution in [3.63, 3.8) is 0 Å². The number of hydrogen-bond donors (Lipinski definition) is 3. The zero-order valence-corrected chi connectivity index (χ0v) is 18.3. The number of aromatic nitrogens is 4. The molecule has 0 saturated carbocycles. The quantitative estimate of drug-likeness (QED) is 0.311. The Kier molecular flexibility index (Phi) is 6.07. The van der Waals surface area contributed by atoms with Gasteiger partial charge in [-0.3, -0.25) is 14.8 Å². The molecule has 0 radical (unpaired) electrons. The summed E-state index contributed by atoms with van der Waals surface area (Å²) in [5.74, 6) is 0.522. The summed E-state index contributed by atoms with van der Waals surface area (Å²) in [6.45, 7) is 0.665. The minimum atomic E-state index is -0.250. The fourth-order valence-corrected chi connectivity index (χ4v) is 3.51. The van der Waals surface area contributed by atoms with Crippen molar-refractivity contribution >= 4 is 17.3 Å². The van der Waals surface area contributed by atoms with E-state index >= 15 is 0 Å². The van der Waals surface area contributed by atoms with Gasteiger partial charge in [0, 0.05) is 34.9 Å². The van der Waals surface area contributed by atoms with Crippen LogP contribution in [0.4, 0.5) is 11.4 Å². The van der Waals surface area contributed by atoms with Crippen molar-refractivity contribution in [2.45, 2.75) is 6.54 Å². The van der Waals surface area contributed by atoms with E-state index in [0.717, 1.165) is 34.0 Å². The Hall–Kier alpha value is -4.78. The number of hydrogen-bond acceptors (Lipinski definition) is 5. The maximum absolute atomic E-state index is 12.4. The number of carbonyl (C=O) groups excluding carboxylic acids is 1. The second-order valence-corrected chi connectivity index (χ2v) is 7.65. The lowest BCUT2D eigenvalue weighted by atomic mass is 10.1. The van der Waals surface area contributed by atoms with Gasteiger partial charge in [0.1, 0.15) is 11.5 Å². The average molecular weight is 447 g/mol. The van der Waals surface area contributed by atoms with Gasteiger partial charge in [0.2, 0.25) is 0 Å². The number of imidazole rings is 1. The van der Waals surface area contributed by atoms with Gasteiger partial charge in [-0.05, 0) is 60.7 Å². The Labute approximate surface area is 197 Å². The summed E-state index contributed by atoms with van der Waals surface area (Å²) >= 11 is 0. The number of pyridine rings is 2. The van der Waals surface area contributed by atoms with Crippen molar-refractivity contribution in [2.24, 2.45) is 0 Å². The zero-order chi connectivity index (χ0) is 23.2. The molecule has 3 heterocycles. The lowest BCUT2D eigenvalue weighted by molar-refractivity contribution is 0.102. The van der Waals surface area contributed by atoms with Crippen molar-refractivity contribution in [3.05, 3.63) is 115 Å². The molecule has 2 aromatic carbocycles. The third-order valence-corrected chi connectivity index (χ3v) is 5.26. The van der Waals surface area contributed by atoms with Crippen LogP contribution < -0.4 is 10.6 Å². The third kappa shape index (κ3) is 4.99. The number of anilines is 2. The lowest BCUT2D eigenvalue weighted by Gasteiger charge is -2.07. The molecule has 7 heteroatoms. The summed E-state index contributed by atoms with van der Waals surface area (Å²) in [5.41, 5.74) is 5.82. The van der Waals surface area contributed by atoms with Crippen molar-refractivity contribution in [3.8, 4) is 22.6 Å². The molecule has 1 amide bonds. The number of amides is 1. The summed E-state index contributed by atoms with van der Waals surface area (Å²) < 4.78 is 0. The van der Waals surface area contributed by atoms with Gasteiger partial charge >= 0.3 is 0 Å². The van der Waals surface area contributed by atoms with Crippen LogP contribution >= 0.6 is 0 Å². The van der Waals surface area contributed by atoms with Crippen LogP contribution in [0.3, 0.4) is 0 Å². The van der Waals surface area contributed by atoms with Gasteiger partial charge in [0.25, 0.3) is 5.91 Å².